The van der Waals surface area contributed by atoms with Gasteiger partial charge in [-0.15, -0.1) is 0 Å². The van der Waals surface area contributed by atoms with Gasteiger partial charge in [0, 0.05) is 17.6 Å². The molecule has 0 unspecified atom stereocenters. The van der Waals surface area contributed by atoms with E-state index < -0.39 is 5.91 Å². The van der Waals surface area contributed by atoms with Crippen LogP contribution in [0.2, 0.25) is 0 Å². The number of benzene rings is 2. The number of hydrogen-bond acceptors (Lipinski definition) is 4. The summed E-state index contributed by atoms with van der Waals surface area (Å²) in [4.78, 5) is 20.6. The zero-order valence-corrected chi connectivity index (χ0v) is 13.0. The minimum absolute atomic E-state index is 0.212. The molecule has 2 aromatic carbocycles. The molecule has 2 N–H and O–H groups in total. The van der Waals surface area contributed by atoms with E-state index in [1.165, 1.54) is 36.5 Å². The summed E-state index contributed by atoms with van der Waals surface area (Å²) < 4.78 is 12.9. The molecule has 0 radical (unpaired) electrons. The van der Waals surface area contributed by atoms with Crippen molar-refractivity contribution in [1.29, 1.82) is 0 Å². The van der Waals surface area contributed by atoms with Gasteiger partial charge in [0.25, 0.3) is 5.91 Å². The Bertz CT molecular complexity index is 865. The molecular weight excluding hydrogens is 307 g/mol. The van der Waals surface area contributed by atoms with Crippen molar-refractivity contribution >= 4 is 23.2 Å². The highest BCUT2D eigenvalue weighted by atomic mass is 19.1. The molecule has 6 heteroatoms. The number of rotatable bonds is 4. The van der Waals surface area contributed by atoms with Crippen molar-refractivity contribution in [3.63, 3.8) is 0 Å². The first-order chi connectivity index (χ1) is 11.6. The fourth-order valence-electron chi connectivity index (χ4n) is 2.13. The van der Waals surface area contributed by atoms with Crippen molar-refractivity contribution in [2.75, 3.05) is 10.6 Å². The standard InChI is InChI=1S/C18H15FN4O/c1-12-3-2-4-15(11-12)22-18-20-10-9-16(23-18)17(24)21-14-7-5-13(19)6-8-14/h2-11H,1H3,(H,21,24)(H,20,22,23). The number of carbonyl (C=O) groups is 1. The smallest absolute Gasteiger partial charge is 0.274 e. The van der Waals surface area contributed by atoms with Gasteiger partial charge in [0.05, 0.1) is 0 Å². The van der Waals surface area contributed by atoms with E-state index in [0.717, 1.165) is 11.3 Å². The third-order valence-corrected chi connectivity index (χ3v) is 3.26. The normalized spacial score (nSPS) is 10.2. The molecule has 1 aromatic heterocycles. The lowest BCUT2D eigenvalue weighted by Gasteiger charge is -2.08. The fraction of sp³-hybridized carbons (Fsp3) is 0.0556. The van der Waals surface area contributed by atoms with Gasteiger partial charge in [-0.05, 0) is 55.0 Å². The van der Waals surface area contributed by atoms with Crippen molar-refractivity contribution in [2.45, 2.75) is 6.92 Å². The Morgan fingerprint density at radius 3 is 2.58 bits per heavy atom. The zero-order valence-electron chi connectivity index (χ0n) is 13.0. The van der Waals surface area contributed by atoms with E-state index in [-0.39, 0.29) is 11.5 Å². The van der Waals surface area contributed by atoms with Gasteiger partial charge in [0.2, 0.25) is 5.95 Å². The van der Waals surface area contributed by atoms with E-state index in [4.69, 9.17) is 0 Å². The molecule has 0 aliphatic carbocycles. The van der Waals surface area contributed by atoms with Crippen LogP contribution in [0.25, 0.3) is 0 Å². The molecule has 0 atom stereocenters. The number of nitrogens with zero attached hydrogens (tertiary/aromatic N) is 2. The number of aromatic nitrogens is 2. The van der Waals surface area contributed by atoms with Gasteiger partial charge in [-0.3, -0.25) is 4.79 Å². The number of carbonyl (C=O) groups excluding carboxylic acids is 1. The lowest BCUT2D eigenvalue weighted by Crippen LogP contribution is -2.14. The van der Waals surface area contributed by atoms with Crippen LogP contribution < -0.4 is 10.6 Å². The van der Waals surface area contributed by atoms with Crippen molar-refractivity contribution in [3.05, 3.63) is 77.9 Å². The van der Waals surface area contributed by atoms with Crippen LogP contribution in [-0.4, -0.2) is 15.9 Å². The van der Waals surface area contributed by atoms with E-state index in [2.05, 4.69) is 20.6 Å². The Kier molecular flexibility index (Phi) is 4.47. The summed E-state index contributed by atoms with van der Waals surface area (Å²) in [6.07, 6.45) is 1.50. The van der Waals surface area contributed by atoms with E-state index >= 15 is 0 Å². The molecular formula is C18H15FN4O. The summed E-state index contributed by atoms with van der Waals surface area (Å²) in [5.74, 6) is -0.427. The number of amides is 1. The molecule has 3 aromatic rings. The first kappa shape index (κ1) is 15.6. The van der Waals surface area contributed by atoms with Crippen LogP contribution in [-0.2, 0) is 0 Å². The molecule has 0 saturated heterocycles. The highest BCUT2D eigenvalue weighted by Gasteiger charge is 2.09. The van der Waals surface area contributed by atoms with Crippen LogP contribution in [0.3, 0.4) is 0 Å². The molecule has 0 spiro atoms. The van der Waals surface area contributed by atoms with Gasteiger partial charge < -0.3 is 10.6 Å². The fourth-order valence-corrected chi connectivity index (χ4v) is 2.13. The number of aryl methyl sites for hydroxylation is 1. The minimum Gasteiger partial charge on any atom is -0.324 e. The summed E-state index contributed by atoms with van der Waals surface area (Å²) in [5, 5.41) is 5.72. The van der Waals surface area contributed by atoms with Crippen molar-refractivity contribution < 1.29 is 9.18 Å². The van der Waals surface area contributed by atoms with E-state index in [1.807, 2.05) is 31.2 Å². The molecule has 1 amide bonds. The number of hydrogen-bond donors (Lipinski definition) is 2. The molecule has 24 heavy (non-hydrogen) atoms. The van der Waals surface area contributed by atoms with Crippen LogP contribution in [0.15, 0.2) is 60.8 Å². The zero-order chi connectivity index (χ0) is 16.9. The average molecular weight is 322 g/mol. The molecule has 0 saturated carbocycles. The van der Waals surface area contributed by atoms with E-state index in [1.54, 1.807) is 0 Å². The van der Waals surface area contributed by atoms with Crippen molar-refractivity contribution in [3.8, 4) is 0 Å². The van der Waals surface area contributed by atoms with E-state index in [0.29, 0.717) is 11.6 Å². The summed E-state index contributed by atoms with van der Waals surface area (Å²) >= 11 is 0. The molecule has 0 aliphatic rings. The molecule has 0 fully saturated rings. The lowest BCUT2D eigenvalue weighted by molar-refractivity contribution is 0.102. The largest absolute Gasteiger partial charge is 0.324 e. The summed E-state index contributed by atoms with van der Waals surface area (Å²) in [7, 11) is 0. The monoisotopic (exact) mass is 322 g/mol. The maximum absolute atomic E-state index is 12.9. The SMILES string of the molecule is Cc1cccc(Nc2nccc(C(=O)Nc3ccc(F)cc3)n2)c1. The van der Waals surface area contributed by atoms with Crippen LogP contribution in [0.5, 0.6) is 0 Å². The first-order valence-electron chi connectivity index (χ1n) is 7.34. The van der Waals surface area contributed by atoms with Gasteiger partial charge in [-0.25, -0.2) is 14.4 Å². The van der Waals surface area contributed by atoms with Crippen LogP contribution >= 0.6 is 0 Å². The maximum atomic E-state index is 12.9. The number of nitrogens with one attached hydrogen (secondary N) is 2. The molecule has 3 rings (SSSR count). The summed E-state index contributed by atoms with van der Waals surface area (Å²) in [6.45, 7) is 1.98. The molecule has 5 nitrogen and oxygen atoms in total. The number of anilines is 3. The number of halogens is 1. The van der Waals surface area contributed by atoms with Crippen LogP contribution in [0.4, 0.5) is 21.7 Å². The van der Waals surface area contributed by atoms with E-state index in [9.17, 15) is 9.18 Å². The molecule has 0 bridgehead atoms. The second kappa shape index (κ2) is 6.87. The highest BCUT2D eigenvalue weighted by molar-refractivity contribution is 6.02. The Balaban J connectivity index is 1.74. The van der Waals surface area contributed by atoms with Gasteiger partial charge >= 0.3 is 0 Å². The summed E-state index contributed by atoms with van der Waals surface area (Å²) in [5.41, 5.74) is 2.65. The minimum atomic E-state index is -0.392. The Morgan fingerprint density at radius 1 is 1.04 bits per heavy atom. The Labute approximate surface area is 138 Å². The summed E-state index contributed by atoms with van der Waals surface area (Å²) in [6, 6.07) is 14.8. The molecule has 1 heterocycles. The average Bonchev–Trinajstić information content (AvgIpc) is 2.57. The van der Waals surface area contributed by atoms with Gasteiger partial charge in [-0.1, -0.05) is 12.1 Å². The van der Waals surface area contributed by atoms with Crippen molar-refractivity contribution in [1.82, 2.24) is 9.97 Å². The third-order valence-electron chi connectivity index (χ3n) is 3.26. The lowest BCUT2D eigenvalue weighted by atomic mass is 10.2. The third kappa shape index (κ3) is 3.92. The molecule has 0 aliphatic heterocycles. The van der Waals surface area contributed by atoms with Crippen LogP contribution in [0, 0.1) is 12.7 Å². The topological polar surface area (TPSA) is 66.9 Å². The Hall–Kier alpha value is -3.28. The molecule has 120 valence electrons. The van der Waals surface area contributed by atoms with Gasteiger partial charge in [0.1, 0.15) is 11.5 Å². The van der Waals surface area contributed by atoms with Crippen molar-refractivity contribution in [2.24, 2.45) is 0 Å². The maximum Gasteiger partial charge on any atom is 0.274 e. The second-order valence-corrected chi connectivity index (χ2v) is 5.22. The first-order valence-corrected chi connectivity index (χ1v) is 7.34. The van der Waals surface area contributed by atoms with Crippen LogP contribution in [0.1, 0.15) is 16.1 Å². The predicted octanol–water partition coefficient (Wildman–Crippen LogP) is 3.92. The highest BCUT2D eigenvalue weighted by Crippen LogP contribution is 2.15. The quantitative estimate of drug-likeness (QED) is 0.764. The van der Waals surface area contributed by atoms with Gasteiger partial charge in [0.15, 0.2) is 0 Å². The van der Waals surface area contributed by atoms with Gasteiger partial charge in [-0.2, -0.15) is 0 Å². The Morgan fingerprint density at radius 2 is 1.83 bits per heavy atom. The predicted molar refractivity (Wildman–Crippen MR) is 90.8 cm³/mol. The second-order valence-electron chi connectivity index (χ2n) is 5.22.